The van der Waals surface area contributed by atoms with E-state index in [4.69, 9.17) is 5.73 Å². The van der Waals surface area contributed by atoms with E-state index in [9.17, 15) is 0 Å². The molecule has 3 aromatic rings. The number of nitrogen functional groups attached to an aromatic ring is 1. The minimum Gasteiger partial charge on any atom is -0.368 e. The number of H-pyrrole nitrogens is 1. The highest BCUT2D eigenvalue weighted by Gasteiger charge is 2.26. The monoisotopic (exact) mass is 334 g/mol. The van der Waals surface area contributed by atoms with Gasteiger partial charge >= 0.3 is 0 Å². The summed E-state index contributed by atoms with van der Waals surface area (Å²) in [6.45, 7) is 3.99. The highest BCUT2D eigenvalue weighted by molar-refractivity contribution is 5.66. The van der Waals surface area contributed by atoms with Crippen LogP contribution in [-0.2, 0) is 0 Å². The van der Waals surface area contributed by atoms with Crippen molar-refractivity contribution in [3.8, 4) is 11.1 Å². The maximum Gasteiger partial charge on any atom is 0.221 e. The molecule has 1 fully saturated rings. The molecule has 0 saturated carbocycles. The summed E-state index contributed by atoms with van der Waals surface area (Å²) in [4.78, 5) is 10.6. The number of nitrogens with two attached hydrogens (primary N) is 1. The molecule has 1 aliphatic rings. The van der Waals surface area contributed by atoms with E-state index in [1.807, 2.05) is 12.3 Å². The predicted molar refractivity (Wildman–Crippen MR) is 99.4 cm³/mol. The van der Waals surface area contributed by atoms with Crippen LogP contribution in [0.5, 0.6) is 0 Å². The Hall–Kier alpha value is -2.89. The van der Waals surface area contributed by atoms with Gasteiger partial charge in [-0.3, -0.25) is 5.10 Å². The smallest absolute Gasteiger partial charge is 0.221 e. The van der Waals surface area contributed by atoms with Crippen molar-refractivity contribution in [2.75, 3.05) is 23.7 Å². The summed E-state index contributed by atoms with van der Waals surface area (Å²) in [5.74, 6) is 1.61. The molecule has 3 heterocycles. The number of rotatable bonds is 3. The molecule has 128 valence electrons. The highest BCUT2D eigenvalue weighted by atomic mass is 15.2. The number of hydrogen-bond donors (Lipinski definition) is 2. The summed E-state index contributed by atoms with van der Waals surface area (Å²) >= 11 is 0. The summed E-state index contributed by atoms with van der Waals surface area (Å²) < 4.78 is 0. The second kappa shape index (κ2) is 6.55. The van der Waals surface area contributed by atoms with Gasteiger partial charge in [-0.1, -0.05) is 29.8 Å². The van der Waals surface area contributed by atoms with Gasteiger partial charge in [-0.05, 0) is 31.4 Å². The molecule has 25 heavy (non-hydrogen) atoms. The van der Waals surface area contributed by atoms with Crippen LogP contribution in [0, 0.1) is 6.92 Å². The van der Waals surface area contributed by atoms with Crippen molar-refractivity contribution in [1.82, 2.24) is 20.2 Å². The quantitative estimate of drug-likeness (QED) is 0.769. The van der Waals surface area contributed by atoms with E-state index in [0.717, 1.165) is 31.7 Å². The Labute approximate surface area is 147 Å². The predicted octanol–water partition coefficient (Wildman–Crippen LogP) is 3.14. The Morgan fingerprint density at radius 2 is 2.04 bits per heavy atom. The molecule has 1 unspecified atom stereocenters. The number of anilines is 2. The molecule has 2 aromatic heterocycles. The lowest BCUT2D eigenvalue weighted by Gasteiger charge is -2.33. The Balaban J connectivity index is 1.60. The lowest BCUT2D eigenvalue weighted by molar-refractivity contribution is 0.498. The van der Waals surface area contributed by atoms with Gasteiger partial charge in [0.25, 0.3) is 0 Å². The summed E-state index contributed by atoms with van der Waals surface area (Å²) in [7, 11) is 0. The van der Waals surface area contributed by atoms with Crippen LogP contribution in [0.3, 0.4) is 0 Å². The number of aromatic amines is 1. The SMILES string of the molecule is Cc1ccc(-c2cn[nH]c2C2CCCN(c3ccnc(N)n3)C2)cc1. The van der Waals surface area contributed by atoms with Crippen LogP contribution in [0.2, 0.25) is 0 Å². The first-order chi connectivity index (χ1) is 12.2. The zero-order valence-corrected chi connectivity index (χ0v) is 14.3. The first-order valence-corrected chi connectivity index (χ1v) is 8.64. The molecular weight excluding hydrogens is 312 g/mol. The summed E-state index contributed by atoms with van der Waals surface area (Å²) in [6.07, 6.45) is 5.90. The van der Waals surface area contributed by atoms with Crippen LogP contribution in [-0.4, -0.2) is 33.3 Å². The Morgan fingerprint density at radius 3 is 2.84 bits per heavy atom. The van der Waals surface area contributed by atoms with Crippen LogP contribution < -0.4 is 10.6 Å². The summed E-state index contributed by atoms with van der Waals surface area (Å²) in [5.41, 5.74) is 10.6. The van der Waals surface area contributed by atoms with E-state index < -0.39 is 0 Å². The average Bonchev–Trinajstić information content (AvgIpc) is 3.12. The summed E-state index contributed by atoms with van der Waals surface area (Å²) in [6, 6.07) is 10.5. The molecule has 0 bridgehead atoms. The van der Waals surface area contributed by atoms with Crippen LogP contribution in [0.4, 0.5) is 11.8 Å². The van der Waals surface area contributed by atoms with E-state index in [1.54, 1.807) is 6.20 Å². The lowest BCUT2D eigenvalue weighted by Crippen LogP contribution is -2.35. The Kier molecular flexibility index (Phi) is 4.09. The number of aryl methyl sites for hydroxylation is 1. The topological polar surface area (TPSA) is 83.7 Å². The van der Waals surface area contributed by atoms with Gasteiger partial charge in [-0.25, -0.2) is 4.98 Å². The molecule has 0 spiro atoms. The third-order valence-corrected chi connectivity index (χ3v) is 4.84. The maximum absolute atomic E-state index is 5.74. The zero-order valence-electron chi connectivity index (χ0n) is 14.3. The number of hydrogen-bond acceptors (Lipinski definition) is 5. The molecule has 0 aliphatic carbocycles. The molecule has 6 heteroatoms. The van der Waals surface area contributed by atoms with Crippen LogP contribution in [0.25, 0.3) is 11.1 Å². The van der Waals surface area contributed by atoms with E-state index >= 15 is 0 Å². The average molecular weight is 334 g/mol. The van der Waals surface area contributed by atoms with Gasteiger partial charge < -0.3 is 10.6 Å². The normalized spacial score (nSPS) is 17.6. The minimum absolute atomic E-state index is 0.321. The molecular formula is C19H22N6. The van der Waals surface area contributed by atoms with E-state index in [2.05, 4.69) is 56.3 Å². The third kappa shape index (κ3) is 3.20. The fourth-order valence-electron chi connectivity index (χ4n) is 3.53. The Morgan fingerprint density at radius 1 is 1.20 bits per heavy atom. The number of nitrogens with zero attached hydrogens (tertiary/aromatic N) is 4. The van der Waals surface area contributed by atoms with Gasteiger partial charge in [0.05, 0.1) is 6.20 Å². The third-order valence-electron chi connectivity index (χ3n) is 4.84. The van der Waals surface area contributed by atoms with E-state index in [-0.39, 0.29) is 0 Å². The van der Waals surface area contributed by atoms with Gasteiger partial charge in [0.15, 0.2) is 0 Å². The zero-order chi connectivity index (χ0) is 17.2. The van der Waals surface area contributed by atoms with Crippen molar-refractivity contribution < 1.29 is 0 Å². The molecule has 1 saturated heterocycles. The van der Waals surface area contributed by atoms with Gasteiger partial charge in [0, 0.05) is 36.5 Å². The molecule has 3 N–H and O–H groups in total. The number of piperidine rings is 1. The van der Waals surface area contributed by atoms with Crippen molar-refractivity contribution in [1.29, 1.82) is 0 Å². The molecule has 1 aromatic carbocycles. The van der Waals surface area contributed by atoms with Crippen molar-refractivity contribution >= 4 is 11.8 Å². The molecule has 4 rings (SSSR count). The first kappa shape index (κ1) is 15.6. The van der Waals surface area contributed by atoms with E-state index in [0.29, 0.717) is 11.9 Å². The van der Waals surface area contributed by atoms with Crippen LogP contribution in [0.1, 0.15) is 30.0 Å². The second-order valence-electron chi connectivity index (χ2n) is 6.62. The first-order valence-electron chi connectivity index (χ1n) is 8.64. The molecule has 1 atom stereocenters. The van der Waals surface area contributed by atoms with Crippen molar-refractivity contribution in [2.45, 2.75) is 25.7 Å². The van der Waals surface area contributed by atoms with Gasteiger partial charge in [0.1, 0.15) is 5.82 Å². The molecule has 0 amide bonds. The van der Waals surface area contributed by atoms with E-state index in [1.165, 1.54) is 22.4 Å². The molecule has 0 radical (unpaired) electrons. The molecule has 1 aliphatic heterocycles. The van der Waals surface area contributed by atoms with Gasteiger partial charge in [-0.2, -0.15) is 10.1 Å². The van der Waals surface area contributed by atoms with Crippen LogP contribution in [0.15, 0.2) is 42.7 Å². The van der Waals surface area contributed by atoms with Crippen molar-refractivity contribution in [3.63, 3.8) is 0 Å². The highest BCUT2D eigenvalue weighted by Crippen LogP contribution is 2.34. The number of aromatic nitrogens is 4. The fraction of sp³-hybridized carbons (Fsp3) is 0.316. The second-order valence-corrected chi connectivity index (χ2v) is 6.62. The Bertz CT molecular complexity index is 854. The lowest BCUT2D eigenvalue weighted by atomic mass is 9.90. The minimum atomic E-state index is 0.321. The standard InChI is InChI=1S/C19H22N6/c1-13-4-6-14(7-5-13)16-11-22-24-18(16)15-3-2-10-25(12-15)17-8-9-21-19(20)23-17/h4-9,11,15H,2-3,10,12H2,1H3,(H,22,24)(H2,20,21,23). The maximum atomic E-state index is 5.74. The van der Waals surface area contributed by atoms with Crippen LogP contribution >= 0.6 is 0 Å². The largest absolute Gasteiger partial charge is 0.368 e. The summed E-state index contributed by atoms with van der Waals surface area (Å²) in [5, 5.41) is 7.56. The van der Waals surface area contributed by atoms with Crippen molar-refractivity contribution in [3.05, 3.63) is 54.0 Å². The van der Waals surface area contributed by atoms with Gasteiger partial charge in [0.2, 0.25) is 5.95 Å². The van der Waals surface area contributed by atoms with Gasteiger partial charge in [-0.15, -0.1) is 0 Å². The molecule has 6 nitrogen and oxygen atoms in total. The van der Waals surface area contributed by atoms with Crippen molar-refractivity contribution in [2.24, 2.45) is 0 Å². The number of nitrogens with one attached hydrogen (secondary N) is 1. The fourth-order valence-corrected chi connectivity index (χ4v) is 3.53. The number of benzene rings is 1.